The van der Waals surface area contributed by atoms with Gasteiger partial charge in [-0.3, -0.25) is 5.41 Å². The van der Waals surface area contributed by atoms with Crippen molar-refractivity contribution >= 4 is 37.0 Å². The van der Waals surface area contributed by atoms with Crippen molar-refractivity contribution in [3.63, 3.8) is 0 Å². The van der Waals surface area contributed by atoms with Crippen molar-refractivity contribution in [1.82, 2.24) is 0 Å². The molecule has 1 aliphatic heterocycles. The molecule has 18 heteroatoms. The first-order valence-electron chi connectivity index (χ1n) is 14.5. The number of halogens is 10. The number of nitrogens with one attached hydrogen (secondary N) is 1. The highest BCUT2D eigenvalue weighted by Gasteiger charge is 2.72. The van der Waals surface area contributed by atoms with Gasteiger partial charge in [-0.2, -0.15) is 43.9 Å². The summed E-state index contributed by atoms with van der Waals surface area (Å²) in [7, 11) is -12.3. The van der Waals surface area contributed by atoms with Crippen LogP contribution >= 0.6 is 0 Å². The highest BCUT2D eigenvalue weighted by atomic mass is 32.2. The van der Waals surface area contributed by atoms with Crippen molar-refractivity contribution in [2.24, 2.45) is 0 Å². The number of rotatable bonds is 10. The molecule has 3 aliphatic rings. The van der Waals surface area contributed by atoms with Crippen LogP contribution in [-0.4, -0.2) is 76.6 Å². The number of unbranched alkanes of at least 4 members (excludes halogenated alkanes) is 4. The Balaban J connectivity index is 0.000000386. The zero-order valence-corrected chi connectivity index (χ0v) is 26.8. The zero-order chi connectivity index (χ0) is 35.9. The summed E-state index contributed by atoms with van der Waals surface area (Å²) >= 11 is 0. The summed E-state index contributed by atoms with van der Waals surface area (Å²) in [4.78, 5) is -5.57. The molecule has 1 heterocycles. The molecule has 1 aromatic carbocycles. The van der Waals surface area contributed by atoms with E-state index in [0.717, 1.165) is 12.1 Å². The molecule has 0 radical (unpaired) electrons. The van der Waals surface area contributed by atoms with Gasteiger partial charge in [0.1, 0.15) is 4.91 Å². The fourth-order valence-electron chi connectivity index (χ4n) is 5.51. The predicted octanol–water partition coefficient (Wildman–Crippen LogP) is 8.05. The summed E-state index contributed by atoms with van der Waals surface area (Å²) in [5.74, 6) is 0. The van der Waals surface area contributed by atoms with Crippen LogP contribution < -0.4 is 0 Å². The second-order valence-electron chi connectivity index (χ2n) is 11.7. The first-order valence-corrected chi connectivity index (χ1v) is 17.4. The van der Waals surface area contributed by atoms with E-state index in [2.05, 4.69) is 14.0 Å². The van der Waals surface area contributed by atoms with E-state index in [1.54, 1.807) is 0 Å². The Morgan fingerprint density at radius 3 is 1.77 bits per heavy atom. The molecule has 6 nitrogen and oxygen atoms in total. The fourth-order valence-corrected chi connectivity index (χ4v) is 8.63. The Morgan fingerprint density at radius 1 is 0.723 bits per heavy atom. The molecule has 0 atom stereocenters. The molecular weight excluding hydrogens is 694 g/mol. The van der Waals surface area contributed by atoms with E-state index in [0.29, 0.717) is 0 Å². The predicted molar refractivity (Wildman–Crippen MR) is 156 cm³/mol. The number of hydrogen-bond acceptors (Lipinski definition) is 5. The highest BCUT2D eigenvalue weighted by Crippen LogP contribution is 2.52. The molecule has 1 saturated heterocycles. The minimum Gasteiger partial charge on any atom is -0.326 e. The summed E-state index contributed by atoms with van der Waals surface area (Å²) in [6.45, 7) is 6.60. The van der Waals surface area contributed by atoms with Crippen LogP contribution in [0.3, 0.4) is 0 Å². The van der Waals surface area contributed by atoms with Crippen LogP contribution in [0.4, 0.5) is 43.9 Å². The van der Waals surface area contributed by atoms with Crippen LogP contribution in [0.2, 0.25) is 0 Å². The Kier molecular flexibility index (Phi) is 10.9. The van der Waals surface area contributed by atoms with Crippen molar-refractivity contribution in [3.05, 3.63) is 56.9 Å². The zero-order valence-electron chi connectivity index (χ0n) is 25.2. The molecule has 0 amide bonds. The van der Waals surface area contributed by atoms with E-state index in [1.165, 1.54) is 87.3 Å². The molecule has 0 unspecified atom stereocenters. The maximum Gasteiger partial charge on any atom is 0.469 e. The molecule has 47 heavy (non-hydrogen) atoms. The van der Waals surface area contributed by atoms with E-state index < -0.39 is 69.2 Å². The minimum atomic E-state index is -7.40. The Labute approximate surface area is 265 Å². The van der Waals surface area contributed by atoms with Crippen LogP contribution in [-0.2, 0) is 19.7 Å². The topological polar surface area (TPSA) is 92.1 Å². The van der Waals surface area contributed by atoms with Crippen LogP contribution in [0.1, 0.15) is 63.0 Å². The maximum absolute atomic E-state index is 13.9. The molecule has 1 fully saturated rings. The molecule has 1 N–H and O–H groups in total. The number of allylic oxidation sites excluding steroid dienone is 4. The molecule has 0 spiro atoms. The lowest BCUT2D eigenvalue weighted by molar-refractivity contribution is -0.897. The molecule has 4 rings (SSSR count). The standard InChI is InChI=1S/C17H7F10NO4S2.C12H26N/c18-14(19,20)16(24,25)33(29,30)11-6-9-8-4-2-1-3-7(8)5-10(9)12(28)13(11)34(31,32)17(26,27)15(21,22)23;1-3-4-5-6-7-10-13(2)11-8-9-12-13/h1-6,28H;3-12H2,1-2H3/q;+1. The van der Waals surface area contributed by atoms with Crippen molar-refractivity contribution in [1.29, 1.82) is 5.41 Å². The lowest BCUT2D eigenvalue weighted by atomic mass is 9.95. The molecule has 264 valence electrons. The largest absolute Gasteiger partial charge is 0.469 e. The molecular formula is C29H33F10N2O4S2+. The van der Waals surface area contributed by atoms with Gasteiger partial charge in [0.15, 0.2) is 0 Å². The van der Waals surface area contributed by atoms with Gasteiger partial charge in [-0.05, 0) is 41.7 Å². The number of sulfone groups is 2. The van der Waals surface area contributed by atoms with Gasteiger partial charge >= 0.3 is 22.9 Å². The van der Waals surface area contributed by atoms with Crippen LogP contribution in [0.5, 0.6) is 0 Å². The van der Waals surface area contributed by atoms with Gasteiger partial charge in [0, 0.05) is 18.4 Å². The third kappa shape index (κ3) is 7.19. The minimum absolute atomic E-state index is 0.0223. The van der Waals surface area contributed by atoms with Gasteiger partial charge in [-0.15, -0.1) is 0 Å². The monoisotopic (exact) mass is 727 g/mol. The number of likely N-dealkylation sites (tertiary alicyclic amines) is 1. The van der Waals surface area contributed by atoms with E-state index in [4.69, 9.17) is 5.41 Å². The smallest absolute Gasteiger partial charge is 0.326 e. The van der Waals surface area contributed by atoms with Gasteiger partial charge in [0.2, 0.25) is 0 Å². The van der Waals surface area contributed by atoms with Crippen molar-refractivity contribution in [3.8, 4) is 0 Å². The van der Waals surface area contributed by atoms with E-state index in [-0.39, 0.29) is 17.2 Å². The number of fused-ring (bicyclic) bond motifs is 3. The average molecular weight is 728 g/mol. The fraction of sp³-hybridized carbons (Fsp3) is 0.552. The quantitative estimate of drug-likeness (QED) is 0.150. The number of alkyl halides is 10. The van der Waals surface area contributed by atoms with Crippen LogP contribution in [0, 0.1) is 5.41 Å². The van der Waals surface area contributed by atoms with Crippen molar-refractivity contribution in [2.75, 3.05) is 26.7 Å². The maximum atomic E-state index is 13.9. The van der Waals surface area contributed by atoms with E-state index in [9.17, 15) is 60.7 Å². The summed E-state index contributed by atoms with van der Waals surface area (Å²) < 4.78 is 183. The first-order chi connectivity index (χ1) is 21.4. The normalized spacial score (nSPS) is 18.7. The van der Waals surface area contributed by atoms with E-state index >= 15 is 0 Å². The SMILES string of the molecule is CCCCCCC[N+]1(C)CCCC1.N=C1C2=Cc3ccccc3C2=CC(S(=O)(=O)C(F)(F)C(F)(F)F)=C1S(=O)(=O)C(F)(F)C(F)(F)F. The molecule has 2 aliphatic carbocycles. The number of benzene rings is 1. The molecule has 0 saturated carbocycles. The number of hydrogen-bond donors (Lipinski definition) is 1. The molecule has 0 aromatic heterocycles. The Bertz CT molecular complexity index is 1690. The van der Waals surface area contributed by atoms with Crippen molar-refractivity contribution in [2.45, 2.75) is 74.7 Å². The number of nitrogens with zero attached hydrogens (tertiary/aromatic N) is 1. The third-order valence-electron chi connectivity index (χ3n) is 8.18. The summed E-state index contributed by atoms with van der Waals surface area (Å²) in [5, 5.41) is -5.85. The summed E-state index contributed by atoms with van der Waals surface area (Å²) in [6.07, 6.45) is -3.12. The molecule has 1 aromatic rings. The Hall–Kier alpha value is -2.73. The van der Waals surface area contributed by atoms with Gasteiger partial charge in [0.25, 0.3) is 19.7 Å². The average Bonchev–Trinajstić information content (AvgIpc) is 3.55. The summed E-state index contributed by atoms with van der Waals surface area (Å²) in [5.41, 5.74) is -3.48. The lowest BCUT2D eigenvalue weighted by Crippen LogP contribution is -2.48. The van der Waals surface area contributed by atoms with Gasteiger partial charge in [0.05, 0.1) is 37.3 Å². The van der Waals surface area contributed by atoms with Gasteiger partial charge < -0.3 is 4.48 Å². The van der Waals surface area contributed by atoms with Crippen LogP contribution in [0.15, 0.2) is 45.7 Å². The highest BCUT2D eigenvalue weighted by molar-refractivity contribution is 8.01. The summed E-state index contributed by atoms with van der Waals surface area (Å²) in [6, 6.07) is 4.95. The van der Waals surface area contributed by atoms with Gasteiger partial charge in [-0.25, -0.2) is 16.8 Å². The first kappa shape index (κ1) is 38.7. The second kappa shape index (κ2) is 13.3. The number of quaternary nitrogens is 1. The Morgan fingerprint density at radius 2 is 1.23 bits per heavy atom. The third-order valence-corrected chi connectivity index (χ3v) is 12.0. The second-order valence-corrected chi connectivity index (χ2v) is 15.6. The lowest BCUT2D eigenvalue weighted by Gasteiger charge is -2.29. The van der Waals surface area contributed by atoms with E-state index in [1.807, 2.05) is 0 Å². The molecule has 0 bridgehead atoms. The van der Waals surface area contributed by atoms with Crippen LogP contribution in [0.25, 0.3) is 11.6 Å². The van der Waals surface area contributed by atoms with Crippen molar-refractivity contribution < 1.29 is 65.2 Å². The van der Waals surface area contributed by atoms with Gasteiger partial charge in [-0.1, -0.05) is 50.5 Å².